The quantitative estimate of drug-likeness (QED) is 0.469. The fourth-order valence-electron chi connectivity index (χ4n) is 1.04. The SMILES string of the molecule is C[SiH](C)c1ccccc1N. The largest absolute Gasteiger partial charge is 0.399 e. The molecule has 0 unspecified atom stereocenters. The first kappa shape index (κ1) is 7.35. The standard InChI is InChI=1S/C8H13NSi/c1-10(2)8-6-4-3-5-7(8)9/h3-6,10H,9H2,1-2H3. The van der Waals surface area contributed by atoms with Gasteiger partial charge in [-0.25, -0.2) is 0 Å². The van der Waals surface area contributed by atoms with Gasteiger partial charge in [-0.2, -0.15) is 0 Å². The molecule has 1 aromatic carbocycles. The highest BCUT2D eigenvalue weighted by molar-refractivity contribution is 6.72. The maximum atomic E-state index is 5.76. The highest BCUT2D eigenvalue weighted by Gasteiger charge is 2.01. The van der Waals surface area contributed by atoms with Crippen molar-refractivity contribution in [1.29, 1.82) is 0 Å². The Labute approximate surface area is 63.5 Å². The van der Waals surface area contributed by atoms with Gasteiger partial charge < -0.3 is 5.73 Å². The summed E-state index contributed by atoms with van der Waals surface area (Å²) in [5.74, 6) is 0. The maximum absolute atomic E-state index is 5.76. The summed E-state index contributed by atoms with van der Waals surface area (Å²) in [5, 5.41) is 1.38. The molecule has 0 amide bonds. The lowest BCUT2D eigenvalue weighted by Crippen LogP contribution is -2.25. The van der Waals surface area contributed by atoms with E-state index in [1.165, 1.54) is 5.19 Å². The van der Waals surface area contributed by atoms with Crippen molar-refractivity contribution in [3.63, 3.8) is 0 Å². The van der Waals surface area contributed by atoms with Crippen molar-refractivity contribution < 1.29 is 0 Å². The average Bonchev–Trinajstić information content (AvgIpc) is 1.88. The second kappa shape index (κ2) is 2.88. The van der Waals surface area contributed by atoms with Crippen LogP contribution in [0.5, 0.6) is 0 Å². The van der Waals surface area contributed by atoms with Gasteiger partial charge in [0.15, 0.2) is 0 Å². The number of hydrogen-bond acceptors (Lipinski definition) is 1. The Balaban J connectivity index is 3.03. The zero-order valence-corrected chi connectivity index (χ0v) is 7.62. The van der Waals surface area contributed by atoms with Crippen LogP contribution in [-0.4, -0.2) is 8.80 Å². The molecule has 2 heteroatoms. The smallest absolute Gasteiger partial charge is 0.0674 e. The second-order valence-corrected chi connectivity index (χ2v) is 5.72. The van der Waals surface area contributed by atoms with Gasteiger partial charge in [0.1, 0.15) is 0 Å². The van der Waals surface area contributed by atoms with Crippen molar-refractivity contribution in [3.05, 3.63) is 24.3 Å². The van der Waals surface area contributed by atoms with Crippen LogP contribution in [0.3, 0.4) is 0 Å². The Hall–Kier alpha value is -0.763. The Kier molecular flexibility index (Phi) is 2.12. The lowest BCUT2D eigenvalue weighted by molar-refractivity contribution is 1.71. The minimum atomic E-state index is -0.693. The molecule has 0 saturated heterocycles. The number of anilines is 1. The van der Waals surface area contributed by atoms with Gasteiger partial charge in [-0.15, -0.1) is 0 Å². The van der Waals surface area contributed by atoms with E-state index in [0.29, 0.717) is 0 Å². The summed E-state index contributed by atoms with van der Waals surface area (Å²) >= 11 is 0. The number of rotatable bonds is 1. The van der Waals surface area contributed by atoms with E-state index in [0.717, 1.165) is 5.69 Å². The normalized spacial score (nSPS) is 10.3. The fraction of sp³-hybridized carbons (Fsp3) is 0.250. The van der Waals surface area contributed by atoms with E-state index in [2.05, 4.69) is 25.2 Å². The molecule has 0 aliphatic rings. The monoisotopic (exact) mass is 151 g/mol. The van der Waals surface area contributed by atoms with Crippen molar-refractivity contribution in [2.24, 2.45) is 0 Å². The molecule has 2 N–H and O–H groups in total. The van der Waals surface area contributed by atoms with Crippen LogP contribution < -0.4 is 10.9 Å². The molecule has 0 bridgehead atoms. The van der Waals surface area contributed by atoms with Gasteiger partial charge in [-0.3, -0.25) is 0 Å². The van der Waals surface area contributed by atoms with Gasteiger partial charge in [0.2, 0.25) is 0 Å². The van der Waals surface area contributed by atoms with E-state index in [4.69, 9.17) is 5.73 Å². The predicted octanol–water partition coefficient (Wildman–Crippen LogP) is 0.962. The molecule has 1 aromatic rings. The Morgan fingerprint density at radius 2 is 1.80 bits per heavy atom. The molecule has 54 valence electrons. The molecule has 0 heterocycles. The number of nitrogen functional groups attached to an aromatic ring is 1. The van der Waals surface area contributed by atoms with E-state index in [1.807, 2.05) is 12.1 Å². The molecule has 1 nitrogen and oxygen atoms in total. The van der Waals surface area contributed by atoms with Crippen LogP contribution in [0.15, 0.2) is 24.3 Å². The number of para-hydroxylation sites is 1. The molecule has 0 aliphatic heterocycles. The molecule has 0 spiro atoms. The summed E-state index contributed by atoms with van der Waals surface area (Å²) in [6, 6.07) is 8.14. The molecule has 0 saturated carbocycles. The van der Waals surface area contributed by atoms with Gasteiger partial charge in [-0.05, 0) is 11.3 Å². The van der Waals surface area contributed by atoms with Crippen molar-refractivity contribution in [2.45, 2.75) is 13.1 Å². The number of benzene rings is 1. The molecule has 0 radical (unpaired) electrons. The van der Waals surface area contributed by atoms with E-state index >= 15 is 0 Å². The summed E-state index contributed by atoms with van der Waals surface area (Å²) in [6.45, 7) is 4.57. The van der Waals surface area contributed by atoms with E-state index in [1.54, 1.807) is 0 Å². The average molecular weight is 151 g/mol. The Bertz CT molecular complexity index is 220. The topological polar surface area (TPSA) is 26.0 Å². The van der Waals surface area contributed by atoms with Crippen LogP contribution in [0.25, 0.3) is 0 Å². The maximum Gasteiger partial charge on any atom is 0.0674 e. The minimum Gasteiger partial charge on any atom is -0.399 e. The third kappa shape index (κ3) is 1.39. The van der Waals surface area contributed by atoms with Crippen molar-refractivity contribution in [1.82, 2.24) is 0 Å². The zero-order chi connectivity index (χ0) is 7.56. The molecular formula is C8H13NSi. The predicted molar refractivity (Wildman–Crippen MR) is 49.4 cm³/mol. The first-order valence-corrected chi connectivity index (χ1v) is 6.45. The lowest BCUT2D eigenvalue weighted by Gasteiger charge is -2.05. The highest BCUT2D eigenvalue weighted by Crippen LogP contribution is 1.98. The molecule has 0 aromatic heterocycles. The molecule has 0 fully saturated rings. The van der Waals surface area contributed by atoms with Crippen LogP contribution in [0.4, 0.5) is 5.69 Å². The fourth-order valence-corrected chi connectivity index (χ4v) is 2.30. The molecule has 0 atom stereocenters. The first-order chi connectivity index (χ1) is 4.72. The van der Waals surface area contributed by atoms with Crippen molar-refractivity contribution in [2.75, 3.05) is 5.73 Å². The third-order valence-corrected chi connectivity index (χ3v) is 3.39. The summed E-state index contributed by atoms with van der Waals surface area (Å²) in [5.41, 5.74) is 6.72. The summed E-state index contributed by atoms with van der Waals surface area (Å²) in [6.07, 6.45) is 0. The molecular weight excluding hydrogens is 138 g/mol. The molecule has 10 heavy (non-hydrogen) atoms. The van der Waals surface area contributed by atoms with E-state index in [-0.39, 0.29) is 0 Å². The number of hydrogen-bond donors (Lipinski definition) is 1. The van der Waals surface area contributed by atoms with Gasteiger partial charge >= 0.3 is 0 Å². The lowest BCUT2D eigenvalue weighted by atomic mass is 10.3. The summed E-state index contributed by atoms with van der Waals surface area (Å²) < 4.78 is 0. The van der Waals surface area contributed by atoms with Crippen LogP contribution in [0, 0.1) is 0 Å². The Morgan fingerprint density at radius 1 is 1.20 bits per heavy atom. The second-order valence-electron chi connectivity index (χ2n) is 2.78. The first-order valence-electron chi connectivity index (χ1n) is 3.56. The van der Waals surface area contributed by atoms with E-state index < -0.39 is 8.80 Å². The van der Waals surface area contributed by atoms with E-state index in [9.17, 15) is 0 Å². The van der Waals surface area contributed by atoms with Crippen LogP contribution in [0.1, 0.15) is 0 Å². The van der Waals surface area contributed by atoms with Crippen molar-refractivity contribution >= 4 is 19.7 Å². The Morgan fingerprint density at radius 3 is 2.20 bits per heavy atom. The van der Waals surface area contributed by atoms with Crippen LogP contribution >= 0.6 is 0 Å². The zero-order valence-electron chi connectivity index (χ0n) is 6.46. The van der Waals surface area contributed by atoms with Crippen molar-refractivity contribution in [3.8, 4) is 0 Å². The van der Waals surface area contributed by atoms with Crippen LogP contribution in [0.2, 0.25) is 13.1 Å². The number of nitrogens with two attached hydrogens (primary N) is 1. The van der Waals surface area contributed by atoms with Gasteiger partial charge in [0, 0.05) is 5.69 Å². The van der Waals surface area contributed by atoms with Gasteiger partial charge in [0.05, 0.1) is 8.80 Å². The minimum absolute atomic E-state index is 0.693. The summed E-state index contributed by atoms with van der Waals surface area (Å²) in [4.78, 5) is 0. The summed E-state index contributed by atoms with van der Waals surface area (Å²) in [7, 11) is -0.693. The van der Waals surface area contributed by atoms with Gasteiger partial charge in [-0.1, -0.05) is 31.3 Å². The van der Waals surface area contributed by atoms with Crippen LogP contribution in [-0.2, 0) is 0 Å². The molecule has 1 rings (SSSR count). The van der Waals surface area contributed by atoms with Gasteiger partial charge in [0.25, 0.3) is 0 Å². The third-order valence-electron chi connectivity index (χ3n) is 1.62. The molecule has 0 aliphatic carbocycles. The highest BCUT2D eigenvalue weighted by atomic mass is 28.3.